The summed E-state index contributed by atoms with van der Waals surface area (Å²) in [7, 11) is 2.03. The third kappa shape index (κ3) is 2.14. The van der Waals surface area contributed by atoms with Crippen LogP contribution in [-0.4, -0.2) is 16.1 Å². The minimum absolute atomic E-state index is 0.637. The zero-order chi connectivity index (χ0) is 10.8. The van der Waals surface area contributed by atoms with Crippen LogP contribution in [0.25, 0.3) is 10.6 Å². The van der Waals surface area contributed by atoms with Gasteiger partial charge in [-0.25, -0.2) is 4.98 Å². The van der Waals surface area contributed by atoms with Crippen LogP contribution in [0.1, 0.15) is 5.82 Å². The SMILES string of the molecule is Cn1c(-c2cc(Br)cs2)cnc1CCN. The van der Waals surface area contributed by atoms with Gasteiger partial charge in [0.05, 0.1) is 16.8 Å². The lowest BCUT2D eigenvalue weighted by molar-refractivity contribution is 0.783. The smallest absolute Gasteiger partial charge is 0.110 e. The van der Waals surface area contributed by atoms with E-state index in [1.807, 2.05) is 13.2 Å². The predicted octanol–water partition coefficient (Wildman–Crippen LogP) is 2.41. The van der Waals surface area contributed by atoms with Gasteiger partial charge in [-0.3, -0.25) is 0 Å². The van der Waals surface area contributed by atoms with Crippen LogP contribution in [0.15, 0.2) is 22.1 Å². The molecule has 0 aliphatic heterocycles. The van der Waals surface area contributed by atoms with Crippen molar-refractivity contribution in [2.75, 3.05) is 6.54 Å². The molecule has 0 spiro atoms. The highest BCUT2D eigenvalue weighted by Gasteiger charge is 2.09. The number of rotatable bonds is 3. The second kappa shape index (κ2) is 4.47. The summed E-state index contributed by atoms with van der Waals surface area (Å²) in [5.41, 5.74) is 6.67. The highest BCUT2D eigenvalue weighted by Crippen LogP contribution is 2.29. The van der Waals surface area contributed by atoms with Crippen molar-refractivity contribution in [1.29, 1.82) is 0 Å². The van der Waals surface area contributed by atoms with Crippen LogP contribution in [0.4, 0.5) is 0 Å². The van der Waals surface area contributed by atoms with Gasteiger partial charge in [-0.1, -0.05) is 0 Å². The van der Waals surface area contributed by atoms with Gasteiger partial charge < -0.3 is 10.3 Å². The maximum absolute atomic E-state index is 5.52. The van der Waals surface area contributed by atoms with E-state index in [-0.39, 0.29) is 0 Å². The molecule has 0 aliphatic carbocycles. The van der Waals surface area contributed by atoms with Crippen molar-refractivity contribution >= 4 is 27.3 Å². The Morgan fingerprint density at radius 3 is 3.00 bits per heavy atom. The molecule has 0 saturated heterocycles. The number of halogens is 1. The second-order valence-electron chi connectivity index (χ2n) is 3.29. The summed E-state index contributed by atoms with van der Waals surface area (Å²) < 4.78 is 3.22. The number of hydrogen-bond donors (Lipinski definition) is 1. The molecule has 0 radical (unpaired) electrons. The summed E-state index contributed by atoms with van der Waals surface area (Å²) in [6.07, 6.45) is 2.73. The summed E-state index contributed by atoms with van der Waals surface area (Å²) in [5, 5.41) is 2.07. The van der Waals surface area contributed by atoms with E-state index in [4.69, 9.17) is 5.73 Å². The van der Waals surface area contributed by atoms with E-state index in [1.165, 1.54) is 4.88 Å². The first-order chi connectivity index (χ1) is 7.22. The number of aromatic nitrogens is 2. The molecule has 0 saturated carbocycles. The van der Waals surface area contributed by atoms with Crippen LogP contribution in [0.3, 0.4) is 0 Å². The van der Waals surface area contributed by atoms with E-state index >= 15 is 0 Å². The Bertz CT molecular complexity index is 461. The van der Waals surface area contributed by atoms with E-state index in [1.54, 1.807) is 11.3 Å². The van der Waals surface area contributed by atoms with Crippen molar-refractivity contribution in [2.45, 2.75) is 6.42 Å². The van der Waals surface area contributed by atoms with Crippen molar-refractivity contribution < 1.29 is 0 Å². The molecule has 2 aromatic heterocycles. The predicted molar refractivity (Wildman–Crippen MR) is 67.0 cm³/mol. The Labute approximate surface area is 101 Å². The third-order valence-electron chi connectivity index (χ3n) is 2.27. The molecule has 2 N–H and O–H groups in total. The molecule has 3 nitrogen and oxygen atoms in total. The molecule has 0 aromatic carbocycles. The van der Waals surface area contributed by atoms with E-state index in [2.05, 4.69) is 36.9 Å². The van der Waals surface area contributed by atoms with Gasteiger partial charge in [-0.05, 0) is 28.5 Å². The van der Waals surface area contributed by atoms with E-state index in [9.17, 15) is 0 Å². The lowest BCUT2D eigenvalue weighted by Gasteiger charge is -2.02. The van der Waals surface area contributed by atoms with Gasteiger partial charge in [0, 0.05) is 23.3 Å². The van der Waals surface area contributed by atoms with Gasteiger partial charge in [0.2, 0.25) is 0 Å². The largest absolute Gasteiger partial charge is 0.330 e. The van der Waals surface area contributed by atoms with Crippen molar-refractivity contribution in [1.82, 2.24) is 9.55 Å². The number of imidazole rings is 1. The molecule has 2 heterocycles. The van der Waals surface area contributed by atoms with Crippen molar-refractivity contribution in [3.63, 3.8) is 0 Å². The number of thiophene rings is 1. The molecule has 15 heavy (non-hydrogen) atoms. The molecule has 80 valence electrons. The topological polar surface area (TPSA) is 43.8 Å². The Morgan fingerprint density at radius 1 is 1.60 bits per heavy atom. The molecule has 0 unspecified atom stereocenters. The van der Waals surface area contributed by atoms with Gasteiger partial charge in [-0.2, -0.15) is 0 Å². The fourth-order valence-corrected chi connectivity index (χ4v) is 2.96. The Balaban J connectivity index is 2.37. The third-order valence-corrected chi connectivity index (χ3v) is 3.99. The number of nitrogens with zero attached hydrogens (tertiary/aromatic N) is 2. The normalized spacial score (nSPS) is 10.9. The van der Waals surface area contributed by atoms with E-state index < -0.39 is 0 Å². The summed E-state index contributed by atoms with van der Waals surface area (Å²) in [4.78, 5) is 5.59. The average molecular weight is 286 g/mol. The summed E-state index contributed by atoms with van der Waals surface area (Å²) in [5.74, 6) is 1.04. The fraction of sp³-hybridized carbons (Fsp3) is 0.300. The van der Waals surface area contributed by atoms with Crippen molar-refractivity contribution in [3.05, 3.63) is 27.9 Å². The van der Waals surface area contributed by atoms with Gasteiger partial charge >= 0.3 is 0 Å². The van der Waals surface area contributed by atoms with Gasteiger partial charge in [0.15, 0.2) is 0 Å². The molecule has 0 bridgehead atoms. The first-order valence-corrected chi connectivity index (χ1v) is 6.34. The first kappa shape index (κ1) is 10.9. The summed E-state index contributed by atoms with van der Waals surface area (Å²) in [6.45, 7) is 0.637. The maximum atomic E-state index is 5.52. The highest BCUT2D eigenvalue weighted by atomic mass is 79.9. The molecule has 2 rings (SSSR count). The highest BCUT2D eigenvalue weighted by molar-refractivity contribution is 9.10. The van der Waals surface area contributed by atoms with Gasteiger partial charge in [0.1, 0.15) is 5.82 Å². The molecular weight excluding hydrogens is 274 g/mol. The van der Waals surface area contributed by atoms with E-state index in [0.717, 1.165) is 22.4 Å². The first-order valence-electron chi connectivity index (χ1n) is 4.67. The van der Waals surface area contributed by atoms with Crippen molar-refractivity contribution in [3.8, 4) is 10.6 Å². The van der Waals surface area contributed by atoms with Crippen LogP contribution in [-0.2, 0) is 13.5 Å². The van der Waals surface area contributed by atoms with Crippen LogP contribution in [0.5, 0.6) is 0 Å². The molecule has 0 fully saturated rings. The average Bonchev–Trinajstić information content (AvgIpc) is 2.76. The quantitative estimate of drug-likeness (QED) is 0.941. The number of nitrogens with two attached hydrogens (primary N) is 1. The zero-order valence-electron chi connectivity index (χ0n) is 8.40. The monoisotopic (exact) mass is 285 g/mol. The lowest BCUT2D eigenvalue weighted by atomic mass is 10.3. The molecule has 0 atom stereocenters. The standard InChI is InChI=1S/C10H12BrN3S/c1-14-8(5-13-10(14)2-3-12)9-4-7(11)6-15-9/h4-6H,2-3,12H2,1H3. The minimum atomic E-state index is 0.637. The Kier molecular flexibility index (Phi) is 3.23. The zero-order valence-corrected chi connectivity index (χ0v) is 10.8. The molecule has 2 aromatic rings. The van der Waals surface area contributed by atoms with Crippen LogP contribution in [0.2, 0.25) is 0 Å². The Hall–Kier alpha value is -0.650. The van der Waals surface area contributed by atoms with Crippen LogP contribution >= 0.6 is 27.3 Å². The second-order valence-corrected chi connectivity index (χ2v) is 5.11. The summed E-state index contributed by atoms with van der Waals surface area (Å²) in [6, 6.07) is 2.11. The molecular formula is C10H12BrN3S. The molecule has 0 aliphatic rings. The molecule has 0 amide bonds. The van der Waals surface area contributed by atoms with E-state index in [0.29, 0.717) is 6.54 Å². The molecule has 5 heteroatoms. The summed E-state index contributed by atoms with van der Waals surface area (Å²) >= 11 is 5.16. The van der Waals surface area contributed by atoms with Crippen LogP contribution < -0.4 is 5.73 Å². The van der Waals surface area contributed by atoms with Crippen molar-refractivity contribution in [2.24, 2.45) is 12.8 Å². The minimum Gasteiger partial charge on any atom is -0.330 e. The maximum Gasteiger partial charge on any atom is 0.110 e. The van der Waals surface area contributed by atoms with Gasteiger partial charge in [-0.15, -0.1) is 11.3 Å². The Morgan fingerprint density at radius 2 is 2.40 bits per heavy atom. The van der Waals surface area contributed by atoms with Gasteiger partial charge in [0.25, 0.3) is 0 Å². The van der Waals surface area contributed by atoms with Crippen LogP contribution in [0, 0.1) is 0 Å². The fourth-order valence-electron chi connectivity index (χ4n) is 1.49. The lowest BCUT2D eigenvalue weighted by Crippen LogP contribution is -2.08. The number of hydrogen-bond acceptors (Lipinski definition) is 3.